The van der Waals surface area contributed by atoms with Gasteiger partial charge < -0.3 is 9.47 Å². The van der Waals surface area contributed by atoms with Gasteiger partial charge in [-0.25, -0.2) is 9.67 Å². The highest BCUT2D eigenvalue weighted by atomic mass is 32.1. The van der Waals surface area contributed by atoms with E-state index in [9.17, 15) is 9.18 Å². The Bertz CT molecular complexity index is 1170. The van der Waals surface area contributed by atoms with E-state index < -0.39 is 0 Å². The van der Waals surface area contributed by atoms with Crippen LogP contribution in [0.4, 0.5) is 4.39 Å². The predicted molar refractivity (Wildman–Crippen MR) is 126 cm³/mol. The van der Waals surface area contributed by atoms with E-state index in [-0.39, 0.29) is 23.1 Å². The van der Waals surface area contributed by atoms with Crippen LogP contribution < -0.4 is 4.74 Å². The summed E-state index contributed by atoms with van der Waals surface area (Å²) in [5.41, 5.74) is 3.28. The van der Waals surface area contributed by atoms with Gasteiger partial charge in [-0.3, -0.25) is 4.79 Å². The zero-order valence-electron chi connectivity index (χ0n) is 19.5. The Labute approximate surface area is 202 Å². The Balaban J connectivity index is 1.29. The third-order valence-corrected chi connectivity index (χ3v) is 7.60. The molecule has 9 heteroatoms. The molecule has 180 valence electrons. The second kappa shape index (κ2) is 9.82. The zero-order chi connectivity index (χ0) is 23.7. The topological polar surface area (TPSA) is 79.1 Å². The van der Waals surface area contributed by atoms with Crippen LogP contribution in [0.2, 0.25) is 0 Å². The summed E-state index contributed by atoms with van der Waals surface area (Å²) in [6.07, 6.45) is 8.73. The highest BCUT2D eigenvalue weighted by molar-refractivity contribution is 7.14. The Morgan fingerprint density at radius 2 is 2.12 bits per heavy atom. The summed E-state index contributed by atoms with van der Waals surface area (Å²) < 4.78 is 27.2. The van der Waals surface area contributed by atoms with E-state index in [4.69, 9.17) is 14.5 Å². The van der Waals surface area contributed by atoms with Crippen LogP contribution in [0.5, 0.6) is 5.75 Å². The molecule has 3 aromatic rings. The summed E-state index contributed by atoms with van der Waals surface area (Å²) in [7, 11) is 1.43. The molecule has 3 heterocycles. The van der Waals surface area contributed by atoms with E-state index in [1.165, 1.54) is 20.0 Å². The van der Waals surface area contributed by atoms with Gasteiger partial charge in [0, 0.05) is 6.20 Å². The van der Waals surface area contributed by atoms with Crippen LogP contribution in [0.25, 0.3) is 10.6 Å². The molecule has 2 fully saturated rings. The van der Waals surface area contributed by atoms with Gasteiger partial charge in [0.25, 0.3) is 0 Å². The summed E-state index contributed by atoms with van der Waals surface area (Å²) >= 11 is 1.09. The molecule has 2 atom stereocenters. The molecule has 2 saturated carbocycles. The number of pyridine rings is 1. The monoisotopic (exact) mass is 484 g/mol. The maximum absolute atomic E-state index is 14.3. The minimum atomic E-state index is -0.251. The Kier molecular flexibility index (Phi) is 6.63. The molecule has 7 nitrogen and oxygen atoms in total. The van der Waals surface area contributed by atoms with E-state index in [1.807, 2.05) is 25.3 Å². The van der Waals surface area contributed by atoms with Gasteiger partial charge in [-0.2, -0.15) is 4.39 Å². The normalized spacial score (nSPS) is 20.3. The summed E-state index contributed by atoms with van der Waals surface area (Å²) in [4.78, 5) is 17.4. The molecule has 0 amide bonds. The average molecular weight is 485 g/mol. The van der Waals surface area contributed by atoms with Gasteiger partial charge in [0.2, 0.25) is 0 Å². The second-order valence-electron chi connectivity index (χ2n) is 9.37. The standard InChI is InChI=1S/C25H29FN4O3S/c1-15-22(33-20-5-3-4-17(11-20)25(31)32-2)9-8-21(27-15)24-18(12-23(26)34-24)13-30-14-19(28-29-30)10-16-6-7-16/h8-9,12,14,16-17,20H,3-7,10-11,13H2,1-2H3/t17?,20-/m0/s1. The number of aromatic nitrogens is 4. The number of aryl methyl sites for hydroxylation is 1. The van der Waals surface area contributed by atoms with Gasteiger partial charge in [-0.15, -0.1) is 16.4 Å². The van der Waals surface area contributed by atoms with Gasteiger partial charge in [0.1, 0.15) is 5.75 Å². The van der Waals surface area contributed by atoms with Crippen molar-refractivity contribution >= 4 is 17.3 Å². The van der Waals surface area contributed by atoms with Crippen molar-refractivity contribution in [2.45, 2.75) is 64.5 Å². The molecule has 2 aliphatic carbocycles. The fourth-order valence-electron chi connectivity index (χ4n) is 4.64. The number of carbonyl (C=O) groups excluding carboxylic acids is 1. The first-order chi connectivity index (χ1) is 16.5. The average Bonchev–Trinajstić information content (AvgIpc) is 3.42. The van der Waals surface area contributed by atoms with Crippen LogP contribution in [0.15, 0.2) is 24.4 Å². The summed E-state index contributed by atoms with van der Waals surface area (Å²) in [5, 5.41) is 8.25. The Morgan fingerprint density at radius 1 is 1.26 bits per heavy atom. The maximum atomic E-state index is 14.3. The lowest BCUT2D eigenvalue weighted by Crippen LogP contribution is -2.30. The molecule has 2 aliphatic rings. The lowest BCUT2D eigenvalue weighted by atomic mass is 9.87. The van der Waals surface area contributed by atoms with Gasteiger partial charge in [-0.05, 0) is 81.5 Å². The fourth-order valence-corrected chi connectivity index (χ4v) is 5.51. The van der Waals surface area contributed by atoms with Crippen molar-refractivity contribution in [2.24, 2.45) is 11.8 Å². The molecule has 5 rings (SSSR count). The molecule has 0 aliphatic heterocycles. The summed E-state index contributed by atoms with van der Waals surface area (Å²) in [6.45, 7) is 2.34. The van der Waals surface area contributed by atoms with E-state index in [0.717, 1.165) is 64.8 Å². The third-order valence-electron chi connectivity index (χ3n) is 6.62. The highest BCUT2D eigenvalue weighted by Crippen LogP contribution is 2.35. The van der Waals surface area contributed by atoms with Gasteiger partial charge in [0.15, 0.2) is 5.13 Å². The quantitative estimate of drug-likeness (QED) is 0.421. The molecular weight excluding hydrogens is 455 g/mol. The van der Waals surface area contributed by atoms with Crippen LogP contribution in [-0.2, 0) is 22.5 Å². The minimum absolute atomic E-state index is 0.0453. The number of hydrogen-bond donors (Lipinski definition) is 0. The minimum Gasteiger partial charge on any atom is -0.489 e. The van der Waals surface area contributed by atoms with Crippen molar-refractivity contribution in [3.8, 4) is 16.3 Å². The van der Waals surface area contributed by atoms with Crippen molar-refractivity contribution in [3.05, 3.63) is 46.5 Å². The van der Waals surface area contributed by atoms with Crippen LogP contribution in [-0.4, -0.2) is 39.2 Å². The molecule has 0 radical (unpaired) electrons. The first-order valence-corrected chi connectivity index (χ1v) is 12.7. The van der Waals surface area contributed by atoms with E-state index in [2.05, 4.69) is 10.3 Å². The first-order valence-electron chi connectivity index (χ1n) is 11.9. The van der Waals surface area contributed by atoms with Crippen LogP contribution >= 0.6 is 11.3 Å². The lowest BCUT2D eigenvalue weighted by molar-refractivity contribution is -0.147. The number of ether oxygens (including phenoxy) is 2. The number of carbonyl (C=O) groups is 1. The largest absolute Gasteiger partial charge is 0.489 e. The molecule has 34 heavy (non-hydrogen) atoms. The summed E-state index contributed by atoms with van der Waals surface area (Å²) in [5.74, 6) is 1.15. The number of hydrogen-bond acceptors (Lipinski definition) is 7. The number of halogens is 1. The summed E-state index contributed by atoms with van der Waals surface area (Å²) in [6, 6.07) is 5.32. The highest BCUT2D eigenvalue weighted by Gasteiger charge is 2.29. The van der Waals surface area contributed by atoms with Crippen molar-refractivity contribution in [1.29, 1.82) is 0 Å². The second-order valence-corrected chi connectivity index (χ2v) is 10.4. The lowest BCUT2D eigenvalue weighted by Gasteiger charge is -2.28. The predicted octanol–water partition coefficient (Wildman–Crippen LogP) is 4.96. The van der Waals surface area contributed by atoms with Crippen LogP contribution in [0, 0.1) is 23.9 Å². The molecular formula is C25H29FN4O3S. The van der Waals surface area contributed by atoms with E-state index in [1.54, 1.807) is 10.7 Å². The molecule has 0 bridgehead atoms. The van der Waals surface area contributed by atoms with Crippen molar-refractivity contribution in [2.75, 3.05) is 7.11 Å². The Morgan fingerprint density at radius 3 is 2.88 bits per heavy atom. The van der Waals surface area contributed by atoms with Crippen LogP contribution in [0.3, 0.4) is 0 Å². The van der Waals surface area contributed by atoms with Gasteiger partial charge in [-0.1, -0.05) is 5.21 Å². The number of rotatable bonds is 8. The van der Waals surface area contributed by atoms with Crippen molar-refractivity contribution in [3.63, 3.8) is 0 Å². The van der Waals surface area contributed by atoms with E-state index in [0.29, 0.717) is 24.4 Å². The van der Waals surface area contributed by atoms with E-state index >= 15 is 0 Å². The number of thiophene rings is 1. The fraction of sp³-hybridized carbons (Fsp3) is 0.520. The molecule has 1 unspecified atom stereocenters. The SMILES string of the molecule is COC(=O)C1CCC[C@H](Oc2ccc(-c3sc(F)cc3Cn3cc(CC4CC4)nn3)nc2C)C1. The molecule has 0 spiro atoms. The number of nitrogens with zero attached hydrogens (tertiary/aromatic N) is 4. The Hall–Kier alpha value is -2.81. The number of methoxy groups -OCH3 is 1. The van der Waals surface area contributed by atoms with Crippen molar-refractivity contribution < 1.29 is 18.7 Å². The van der Waals surface area contributed by atoms with Gasteiger partial charge in [0.05, 0.1) is 47.6 Å². The first kappa shape index (κ1) is 23.0. The van der Waals surface area contributed by atoms with Crippen LogP contribution in [0.1, 0.15) is 55.5 Å². The number of esters is 1. The molecule has 0 N–H and O–H groups in total. The maximum Gasteiger partial charge on any atom is 0.308 e. The smallest absolute Gasteiger partial charge is 0.308 e. The van der Waals surface area contributed by atoms with Gasteiger partial charge >= 0.3 is 5.97 Å². The molecule has 0 saturated heterocycles. The molecule has 0 aromatic carbocycles. The zero-order valence-corrected chi connectivity index (χ0v) is 20.3. The molecule has 3 aromatic heterocycles. The third kappa shape index (κ3) is 5.29. The van der Waals surface area contributed by atoms with Crippen molar-refractivity contribution in [1.82, 2.24) is 20.0 Å².